The van der Waals surface area contributed by atoms with Crippen LogP contribution in [-0.4, -0.2) is 0 Å². The van der Waals surface area contributed by atoms with E-state index in [1.165, 1.54) is 96.0 Å². The normalized spacial score (nSPS) is 11.1. The molecular weight excluding hydrogens is 1590 g/mol. The van der Waals surface area contributed by atoms with Gasteiger partial charge < -0.3 is 19.6 Å². The minimum Gasteiger partial charge on any atom is -0.311 e. The smallest absolute Gasteiger partial charge is 0.0462 e. The minimum atomic E-state index is 1.04. The van der Waals surface area contributed by atoms with E-state index in [0.29, 0.717) is 0 Å². The third-order valence-corrected chi connectivity index (χ3v) is 27.2. The first-order valence-electron chi connectivity index (χ1n) is 43.0. The Morgan fingerprint density at radius 2 is 0.181 bits per heavy atom. The van der Waals surface area contributed by atoms with Crippen LogP contribution in [0, 0.1) is 0 Å². The highest BCUT2D eigenvalue weighted by Gasteiger charge is 2.22. The lowest BCUT2D eigenvalue weighted by Crippen LogP contribution is -2.10. The van der Waals surface area contributed by atoms with Gasteiger partial charge in [-0.2, -0.15) is 0 Å². The SMILES string of the molecule is c1ccc(-c2ccc(N(c3ccc(-c4ccc(N(c5ccc(-c6ccc(N(c7ccc(-c8ccccc8)cc7)c7ccc(-c8ccc(-c9ccccc9)s8)cc7)cc6)cc5)c5ccc(-c6ccc(N(c7ccc(-c8ccccc8)cc7)c7ccc(-c8ccc(-c9ccccc9)s8)cc7)cc6)cc5)cc4)cc3)c3ccc(-c4ccc(-c5ccccc5)s4)cc3)cc2)cc1. The van der Waals surface area contributed by atoms with Gasteiger partial charge in [0.25, 0.3) is 0 Å². The molecule has 0 spiro atoms. The summed E-state index contributed by atoms with van der Waals surface area (Å²) in [5.74, 6) is 0. The molecule has 18 aromatic carbocycles. The van der Waals surface area contributed by atoms with Gasteiger partial charge in [0.05, 0.1) is 0 Å². The van der Waals surface area contributed by atoms with E-state index in [1.54, 1.807) is 0 Å². The number of hydrogen-bond acceptors (Lipinski definition) is 7. The lowest BCUT2D eigenvalue weighted by atomic mass is 10.0. The Hall–Kier alpha value is -15.7. The van der Waals surface area contributed by atoms with Crippen molar-refractivity contribution in [3.05, 3.63) is 510 Å². The third-order valence-electron chi connectivity index (χ3n) is 23.7. The largest absolute Gasteiger partial charge is 0.311 e. The minimum absolute atomic E-state index is 1.04. The molecule has 7 heteroatoms. The number of anilines is 12. The second-order valence-electron chi connectivity index (χ2n) is 31.6. The van der Waals surface area contributed by atoms with E-state index >= 15 is 0 Å². The highest BCUT2D eigenvalue weighted by molar-refractivity contribution is 7.19. The van der Waals surface area contributed by atoms with Crippen molar-refractivity contribution >= 4 is 102 Å². The fraction of sp³-hybridized carbons (Fsp3) is 0. The lowest BCUT2D eigenvalue weighted by Gasteiger charge is -2.27. The summed E-state index contributed by atoms with van der Waals surface area (Å²) in [6.45, 7) is 0. The second kappa shape index (κ2) is 36.0. The monoisotopic (exact) mass is 1680 g/mol. The van der Waals surface area contributed by atoms with Gasteiger partial charge in [-0.25, -0.2) is 0 Å². The van der Waals surface area contributed by atoms with Crippen molar-refractivity contribution in [3.63, 3.8) is 0 Å². The van der Waals surface area contributed by atoms with Crippen LogP contribution in [0.15, 0.2) is 510 Å². The molecule has 0 radical (unpaired) electrons. The molecule has 0 bridgehead atoms. The maximum Gasteiger partial charge on any atom is 0.0462 e. The van der Waals surface area contributed by atoms with Crippen LogP contribution < -0.4 is 19.6 Å². The van der Waals surface area contributed by atoms with Crippen molar-refractivity contribution in [1.82, 2.24) is 0 Å². The van der Waals surface area contributed by atoms with Gasteiger partial charge >= 0.3 is 0 Å². The molecule has 21 aromatic rings. The Labute approximate surface area is 755 Å². The maximum atomic E-state index is 2.37. The summed E-state index contributed by atoms with van der Waals surface area (Å²) < 4.78 is 0. The van der Waals surface area contributed by atoms with Gasteiger partial charge in [-0.15, -0.1) is 34.0 Å². The molecule has 4 nitrogen and oxygen atoms in total. The van der Waals surface area contributed by atoms with Gasteiger partial charge in [0.1, 0.15) is 0 Å². The van der Waals surface area contributed by atoms with Gasteiger partial charge in [0, 0.05) is 97.5 Å². The predicted octanol–water partition coefficient (Wildman–Crippen LogP) is 35.8. The number of hydrogen-bond donors (Lipinski definition) is 0. The molecular formula is C120H84N4S3. The molecule has 0 aliphatic carbocycles. The summed E-state index contributed by atoms with van der Waals surface area (Å²) >= 11 is 5.47. The molecule has 0 fully saturated rings. The highest BCUT2D eigenvalue weighted by atomic mass is 32.1. The standard InChI is InChI=1S/C120H84N4S3/c1-7-19-85(20-8-1)88-31-55-103(56-32-88)122(112-73-49-100(50-74-112)118-82-79-115(125-118)97-25-13-4-14-26-97)109-67-43-94(44-68-109)91-37-61-106(62-38-91)121(107-63-39-92(40-64-107)95-45-69-110(70-46-95)123(104-57-33-89(34-58-104)86-21-9-2-10-22-86)113-75-51-101(52-76-113)119-83-80-116(126-119)98-27-15-5-16-28-98)108-65-41-93(42-66-108)96-47-71-111(72-48-96)124(105-59-35-90(36-60-105)87-23-11-3-12-24-87)114-77-53-102(54-78-114)120-84-81-117(127-120)99-29-17-6-18-30-99/h1-84H. The Morgan fingerprint density at radius 3 is 0.307 bits per heavy atom. The van der Waals surface area contributed by atoms with Crippen molar-refractivity contribution in [2.75, 3.05) is 19.6 Å². The molecule has 0 aliphatic rings. The van der Waals surface area contributed by atoms with E-state index in [9.17, 15) is 0 Å². The maximum absolute atomic E-state index is 2.37. The van der Waals surface area contributed by atoms with Crippen molar-refractivity contribution in [3.8, 4) is 129 Å². The number of nitrogens with zero attached hydrogens (tertiary/aromatic N) is 4. The van der Waals surface area contributed by atoms with Crippen LogP contribution in [0.2, 0.25) is 0 Å². The molecule has 21 rings (SSSR count). The van der Waals surface area contributed by atoms with Crippen molar-refractivity contribution in [2.24, 2.45) is 0 Å². The van der Waals surface area contributed by atoms with E-state index < -0.39 is 0 Å². The van der Waals surface area contributed by atoms with Gasteiger partial charge in [-0.1, -0.05) is 328 Å². The van der Waals surface area contributed by atoms with Gasteiger partial charge in [-0.05, 0) is 282 Å². The van der Waals surface area contributed by atoms with E-state index in [0.717, 1.165) is 102 Å². The quantitative estimate of drug-likeness (QED) is 0.0598. The van der Waals surface area contributed by atoms with Gasteiger partial charge in [0.15, 0.2) is 0 Å². The van der Waals surface area contributed by atoms with Gasteiger partial charge in [0.2, 0.25) is 0 Å². The second-order valence-corrected chi connectivity index (χ2v) is 34.8. The zero-order chi connectivity index (χ0) is 84.6. The Morgan fingerprint density at radius 1 is 0.0866 bits per heavy atom. The van der Waals surface area contributed by atoms with E-state index in [1.807, 2.05) is 34.0 Å². The van der Waals surface area contributed by atoms with Crippen molar-refractivity contribution in [1.29, 1.82) is 0 Å². The summed E-state index contributed by atoms with van der Waals surface area (Å²) in [5.41, 5.74) is 33.9. The van der Waals surface area contributed by atoms with Crippen LogP contribution in [0.1, 0.15) is 0 Å². The molecule has 602 valence electrons. The van der Waals surface area contributed by atoms with E-state index in [-0.39, 0.29) is 0 Å². The van der Waals surface area contributed by atoms with Crippen LogP contribution >= 0.6 is 34.0 Å². The average molecular weight is 1680 g/mol. The molecule has 0 aliphatic heterocycles. The summed E-state index contributed by atoms with van der Waals surface area (Å²) in [6.07, 6.45) is 0. The molecule has 127 heavy (non-hydrogen) atoms. The molecule has 0 atom stereocenters. The first-order chi connectivity index (χ1) is 62.9. The Bertz CT molecular complexity index is 6520. The number of rotatable bonds is 24. The van der Waals surface area contributed by atoms with Crippen LogP contribution in [0.25, 0.3) is 129 Å². The predicted molar refractivity (Wildman–Crippen MR) is 544 cm³/mol. The fourth-order valence-corrected chi connectivity index (χ4v) is 20.0. The Kier molecular flexibility index (Phi) is 22.2. The topological polar surface area (TPSA) is 13.0 Å². The summed E-state index contributed by atoms with van der Waals surface area (Å²) in [4.78, 5) is 16.9. The molecule has 0 saturated heterocycles. The van der Waals surface area contributed by atoms with Crippen LogP contribution in [-0.2, 0) is 0 Å². The summed E-state index contributed by atoms with van der Waals surface area (Å²) in [5, 5.41) is 0. The number of benzene rings is 18. The zero-order valence-corrected chi connectivity index (χ0v) is 72.0. The van der Waals surface area contributed by atoms with E-state index in [4.69, 9.17) is 0 Å². The summed E-state index contributed by atoms with van der Waals surface area (Å²) in [6, 6.07) is 185. The van der Waals surface area contributed by atoms with Crippen LogP contribution in [0.4, 0.5) is 68.2 Å². The van der Waals surface area contributed by atoms with E-state index in [2.05, 4.69) is 529 Å². The van der Waals surface area contributed by atoms with Crippen LogP contribution in [0.5, 0.6) is 0 Å². The number of thiophene rings is 3. The molecule has 0 unspecified atom stereocenters. The van der Waals surface area contributed by atoms with Crippen molar-refractivity contribution < 1.29 is 0 Å². The summed E-state index contributed by atoms with van der Waals surface area (Å²) in [7, 11) is 0. The molecule has 0 amide bonds. The van der Waals surface area contributed by atoms with Crippen molar-refractivity contribution in [2.45, 2.75) is 0 Å². The molecule has 3 aromatic heterocycles. The molecule has 3 heterocycles. The zero-order valence-electron chi connectivity index (χ0n) is 69.5. The Balaban J connectivity index is 0.592. The fourth-order valence-electron chi connectivity index (χ4n) is 17.0. The first-order valence-corrected chi connectivity index (χ1v) is 45.4. The van der Waals surface area contributed by atoms with Gasteiger partial charge in [-0.3, -0.25) is 0 Å². The third kappa shape index (κ3) is 17.1. The molecule has 0 saturated carbocycles. The first kappa shape index (κ1) is 78.5. The molecule has 0 N–H and O–H groups in total. The average Bonchev–Trinajstić information content (AvgIpc) is 1.49. The lowest BCUT2D eigenvalue weighted by molar-refractivity contribution is 1.28. The van der Waals surface area contributed by atoms with Crippen LogP contribution in [0.3, 0.4) is 0 Å². The highest BCUT2D eigenvalue weighted by Crippen LogP contribution is 2.47.